The highest BCUT2D eigenvalue weighted by atomic mass is 16.5. The van der Waals surface area contributed by atoms with Gasteiger partial charge in [0.25, 0.3) is 0 Å². The summed E-state index contributed by atoms with van der Waals surface area (Å²) in [4.78, 5) is 0. The molecule has 0 fully saturated rings. The second-order valence-electron chi connectivity index (χ2n) is 4.34. The lowest BCUT2D eigenvalue weighted by Crippen LogP contribution is -2.12. The molecule has 0 radical (unpaired) electrons. The molecule has 18 heavy (non-hydrogen) atoms. The van der Waals surface area contributed by atoms with Gasteiger partial charge in [-0.15, -0.1) is 0 Å². The molecule has 96 valence electrons. The van der Waals surface area contributed by atoms with E-state index in [1.807, 2.05) is 29.9 Å². The van der Waals surface area contributed by atoms with Crippen molar-refractivity contribution in [3.8, 4) is 5.75 Å². The van der Waals surface area contributed by atoms with Crippen LogP contribution in [0.1, 0.15) is 23.7 Å². The first-order valence-corrected chi connectivity index (χ1v) is 6.07. The van der Waals surface area contributed by atoms with Crippen LogP contribution < -0.4 is 10.5 Å². The van der Waals surface area contributed by atoms with Crippen molar-refractivity contribution in [3.05, 3.63) is 47.8 Å². The van der Waals surface area contributed by atoms with E-state index >= 15 is 0 Å². The van der Waals surface area contributed by atoms with E-state index in [1.54, 1.807) is 13.3 Å². The largest absolute Gasteiger partial charge is 0.493 e. The molecule has 1 aromatic heterocycles. The Balaban J connectivity index is 2.01. The fraction of sp³-hybridized carbons (Fsp3) is 0.357. The normalized spacial score (nSPS) is 12.4. The Morgan fingerprint density at radius 3 is 2.72 bits per heavy atom. The van der Waals surface area contributed by atoms with Gasteiger partial charge in [-0.25, -0.2) is 0 Å². The Morgan fingerprint density at radius 2 is 2.06 bits per heavy atom. The molecule has 0 saturated heterocycles. The quantitative estimate of drug-likeness (QED) is 0.877. The fourth-order valence-electron chi connectivity index (χ4n) is 2.06. The van der Waals surface area contributed by atoms with Gasteiger partial charge in [0.05, 0.1) is 19.0 Å². The van der Waals surface area contributed by atoms with Crippen LogP contribution in [0.3, 0.4) is 0 Å². The van der Waals surface area contributed by atoms with Crippen molar-refractivity contribution in [1.29, 1.82) is 0 Å². The molecule has 2 N–H and O–H groups in total. The van der Waals surface area contributed by atoms with E-state index in [9.17, 15) is 0 Å². The second-order valence-corrected chi connectivity index (χ2v) is 4.34. The van der Waals surface area contributed by atoms with Crippen LogP contribution in [0.2, 0.25) is 0 Å². The van der Waals surface area contributed by atoms with Crippen LogP contribution in [-0.2, 0) is 13.5 Å². The molecule has 1 aromatic carbocycles. The highest BCUT2D eigenvalue weighted by molar-refractivity contribution is 5.26. The molecule has 4 nitrogen and oxygen atoms in total. The van der Waals surface area contributed by atoms with Gasteiger partial charge in [-0.1, -0.05) is 30.3 Å². The van der Waals surface area contributed by atoms with E-state index in [2.05, 4.69) is 17.2 Å². The lowest BCUT2D eigenvalue weighted by atomic mass is 10.0. The van der Waals surface area contributed by atoms with Crippen molar-refractivity contribution >= 4 is 0 Å². The molecule has 0 aliphatic rings. The van der Waals surface area contributed by atoms with Crippen LogP contribution in [0.5, 0.6) is 5.75 Å². The van der Waals surface area contributed by atoms with Crippen LogP contribution in [0.25, 0.3) is 0 Å². The van der Waals surface area contributed by atoms with Gasteiger partial charge in [-0.2, -0.15) is 5.10 Å². The van der Waals surface area contributed by atoms with Crippen LogP contribution in [0, 0.1) is 0 Å². The number of aryl methyl sites for hydroxylation is 1. The van der Waals surface area contributed by atoms with Crippen molar-refractivity contribution < 1.29 is 4.74 Å². The Bertz CT molecular complexity index is 493. The molecule has 0 spiro atoms. The van der Waals surface area contributed by atoms with Crippen molar-refractivity contribution in [3.63, 3.8) is 0 Å². The highest BCUT2D eigenvalue weighted by Crippen LogP contribution is 2.22. The molecule has 0 saturated carbocycles. The maximum atomic E-state index is 6.18. The Morgan fingerprint density at radius 1 is 1.33 bits per heavy atom. The number of rotatable bonds is 5. The van der Waals surface area contributed by atoms with Crippen molar-refractivity contribution in [2.75, 3.05) is 7.11 Å². The SMILES string of the molecule is COc1cnn(C)c1CCC(N)c1ccccc1. The fourth-order valence-corrected chi connectivity index (χ4v) is 2.06. The van der Waals surface area contributed by atoms with E-state index in [4.69, 9.17) is 10.5 Å². The predicted molar refractivity (Wildman–Crippen MR) is 71.5 cm³/mol. The van der Waals surface area contributed by atoms with Gasteiger partial charge in [0.1, 0.15) is 0 Å². The summed E-state index contributed by atoms with van der Waals surface area (Å²) in [5.41, 5.74) is 8.44. The summed E-state index contributed by atoms with van der Waals surface area (Å²) in [6.45, 7) is 0. The molecule has 0 amide bonds. The number of ether oxygens (including phenoxy) is 1. The monoisotopic (exact) mass is 245 g/mol. The topological polar surface area (TPSA) is 53.1 Å². The van der Waals surface area contributed by atoms with Crippen molar-refractivity contribution in [2.45, 2.75) is 18.9 Å². The third-order valence-corrected chi connectivity index (χ3v) is 3.16. The number of nitrogens with zero attached hydrogens (tertiary/aromatic N) is 2. The molecule has 0 aliphatic heterocycles. The zero-order valence-corrected chi connectivity index (χ0v) is 10.8. The highest BCUT2D eigenvalue weighted by Gasteiger charge is 2.12. The average Bonchev–Trinajstić information content (AvgIpc) is 2.77. The van der Waals surface area contributed by atoms with Crippen molar-refractivity contribution in [2.24, 2.45) is 12.8 Å². The van der Waals surface area contributed by atoms with Gasteiger partial charge in [0.2, 0.25) is 0 Å². The number of hydrogen-bond acceptors (Lipinski definition) is 3. The minimum Gasteiger partial charge on any atom is -0.493 e. The van der Waals surface area contributed by atoms with Gasteiger partial charge >= 0.3 is 0 Å². The van der Waals surface area contributed by atoms with E-state index < -0.39 is 0 Å². The number of benzene rings is 1. The molecule has 1 heterocycles. The first-order chi connectivity index (χ1) is 8.72. The summed E-state index contributed by atoms with van der Waals surface area (Å²) in [5.74, 6) is 0.831. The van der Waals surface area contributed by atoms with E-state index in [1.165, 1.54) is 5.56 Å². The standard InChI is InChI=1S/C14H19N3O/c1-17-13(14(18-2)10-16-17)9-8-12(15)11-6-4-3-5-7-11/h3-7,10,12H,8-9,15H2,1-2H3. The van der Waals surface area contributed by atoms with Crippen LogP contribution in [-0.4, -0.2) is 16.9 Å². The van der Waals surface area contributed by atoms with Gasteiger partial charge in [-0.3, -0.25) is 4.68 Å². The first-order valence-electron chi connectivity index (χ1n) is 6.07. The van der Waals surface area contributed by atoms with Gasteiger partial charge in [0.15, 0.2) is 5.75 Å². The maximum Gasteiger partial charge on any atom is 0.159 e. The number of nitrogens with two attached hydrogens (primary N) is 1. The van der Waals surface area contributed by atoms with Crippen molar-refractivity contribution in [1.82, 2.24) is 9.78 Å². The molecule has 0 aliphatic carbocycles. The second kappa shape index (κ2) is 5.69. The van der Waals surface area contributed by atoms with E-state index in [0.29, 0.717) is 0 Å². The first kappa shape index (κ1) is 12.6. The zero-order valence-electron chi connectivity index (χ0n) is 10.8. The number of methoxy groups -OCH3 is 1. The molecule has 2 aromatic rings. The lowest BCUT2D eigenvalue weighted by molar-refractivity contribution is 0.406. The summed E-state index contributed by atoms with van der Waals surface area (Å²) in [6.07, 6.45) is 3.47. The Labute approximate surface area is 107 Å². The third-order valence-electron chi connectivity index (χ3n) is 3.16. The molecule has 1 unspecified atom stereocenters. The molecule has 4 heteroatoms. The minimum absolute atomic E-state index is 0.0470. The van der Waals surface area contributed by atoms with Crippen LogP contribution >= 0.6 is 0 Å². The lowest BCUT2D eigenvalue weighted by Gasteiger charge is -2.12. The summed E-state index contributed by atoms with van der Waals surface area (Å²) in [5, 5.41) is 4.19. The maximum absolute atomic E-state index is 6.18. The molecule has 1 atom stereocenters. The van der Waals surface area contributed by atoms with Gasteiger partial charge < -0.3 is 10.5 Å². The molecule has 0 bridgehead atoms. The number of aromatic nitrogens is 2. The van der Waals surface area contributed by atoms with E-state index in [-0.39, 0.29) is 6.04 Å². The Hall–Kier alpha value is -1.81. The van der Waals surface area contributed by atoms with Crippen LogP contribution in [0.15, 0.2) is 36.5 Å². The number of hydrogen-bond donors (Lipinski definition) is 1. The van der Waals surface area contributed by atoms with Gasteiger partial charge in [-0.05, 0) is 18.4 Å². The summed E-state index contributed by atoms with van der Waals surface area (Å²) in [6, 6.07) is 10.2. The van der Waals surface area contributed by atoms with Gasteiger partial charge in [0, 0.05) is 13.1 Å². The summed E-state index contributed by atoms with van der Waals surface area (Å²) in [7, 11) is 3.59. The smallest absolute Gasteiger partial charge is 0.159 e. The molecular weight excluding hydrogens is 226 g/mol. The zero-order chi connectivity index (χ0) is 13.0. The summed E-state index contributed by atoms with van der Waals surface area (Å²) >= 11 is 0. The Kier molecular flexibility index (Phi) is 3.99. The molecule has 2 rings (SSSR count). The van der Waals surface area contributed by atoms with Crippen LogP contribution in [0.4, 0.5) is 0 Å². The predicted octanol–water partition coefficient (Wildman–Crippen LogP) is 2.06. The van der Waals surface area contributed by atoms with E-state index in [0.717, 1.165) is 24.3 Å². The molecular formula is C14H19N3O. The average molecular weight is 245 g/mol. The third kappa shape index (κ3) is 2.71. The summed E-state index contributed by atoms with van der Waals surface area (Å²) < 4.78 is 7.12. The minimum atomic E-state index is 0.0470.